The highest BCUT2D eigenvalue weighted by atomic mass is 16.5. The lowest BCUT2D eigenvalue weighted by atomic mass is 9.92. The third kappa shape index (κ3) is 4.28. The maximum atomic E-state index is 11.8. The largest absolute Gasteiger partial charge is 0.488 e. The zero-order valence-electron chi connectivity index (χ0n) is 22.7. The summed E-state index contributed by atoms with van der Waals surface area (Å²) in [5.41, 5.74) is 7.72. The van der Waals surface area contributed by atoms with Gasteiger partial charge in [0.15, 0.2) is 0 Å². The number of carboxylic acids is 1. The van der Waals surface area contributed by atoms with E-state index in [2.05, 4.69) is 47.9 Å². The molecule has 1 N–H and O–H groups in total. The van der Waals surface area contributed by atoms with Crippen molar-refractivity contribution in [3.05, 3.63) is 76.3 Å². The number of para-hydroxylation sites is 1. The van der Waals surface area contributed by atoms with Crippen LogP contribution in [0.5, 0.6) is 5.75 Å². The number of piperidine rings is 1. The molecule has 1 aromatic heterocycles. The summed E-state index contributed by atoms with van der Waals surface area (Å²) in [6, 6.07) is 17.3. The number of carbonyl (C=O) groups is 1. The molecule has 7 rings (SSSR count). The molecule has 0 radical (unpaired) electrons. The second-order valence-corrected chi connectivity index (χ2v) is 11.8. The second kappa shape index (κ2) is 9.35. The highest BCUT2D eigenvalue weighted by Crippen LogP contribution is 2.58. The van der Waals surface area contributed by atoms with Crippen LogP contribution in [0.4, 0.5) is 5.82 Å². The van der Waals surface area contributed by atoms with Gasteiger partial charge in [-0.2, -0.15) is 0 Å². The van der Waals surface area contributed by atoms with Crippen molar-refractivity contribution >= 4 is 11.8 Å². The predicted octanol–water partition coefficient (Wildman–Crippen LogP) is 4.61. The molecule has 0 bridgehead atoms. The minimum absolute atomic E-state index is 0.230. The molecule has 4 heterocycles. The van der Waals surface area contributed by atoms with Crippen LogP contribution in [0.25, 0.3) is 11.3 Å². The number of anilines is 1. The SMILES string of the molecule is Cc1cc(COc2c(C)cccc2-c2cccc(N3C[C@@H]4C[C@]4(C(=O)O)C3)n2)cc2c1CN(C1COC1)CC2. The number of aliphatic carboxylic acids is 1. The standard InChI is InChI=1S/C32H35N3O4/c1-20-5-3-6-26(28-7-4-8-29(33-28)35-14-24-13-32(24,19-35)31(36)37)30(20)39-16-22-11-21(2)27-15-34(25-17-38-18-25)10-9-23(27)12-22/h3-8,11-12,24-25H,9-10,13-19H2,1-2H3,(H,36,37)/t24-,32-/m0/s1. The van der Waals surface area contributed by atoms with E-state index in [4.69, 9.17) is 14.5 Å². The van der Waals surface area contributed by atoms with E-state index in [-0.39, 0.29) is 5.92 Å². The Bertz CT molecular complexity index is 1450. The quantitative estimate of drug-likeness (QED) is 0.483. The normalized spacial score (nSPS) is 24.2. The van der Waals surface area contributed by atoms with Gasteiger partial charge >= 0.3 is 5.97 Å². The first-order chi connectivity index (χ1) is 18.9. The van der Waals surface area contributed by atoms with Crippen LogP contribution in [-0.2, 0) is 29.1 Å². The van der Waals surface area contributed by atoms with Crippen LogP contribution >= 0.6 is 0 Å². The van der Waals surface area contributed by atoms with E-state index in [0.717, 1.165) is 74.1 Å². The molecule has 2 atom stereocenters. The molecule has 7 heteroatoms. The fraction of sp³-hybridized carbons (Fsp3) is 0.438. The van der Waals surface area contributed by atoms with E-state index in [9.17, 15) is 9.90 Å². The molecular weight excluding hydrogens is 490 g/mol. The lowest BCUT2D eigenvalue weighted by Gasteiger charge is -2.40. The van der Waals surface area contributed by atoms with E-state index < -0.39 is 11.4 Å². The van der Waals surface area contributed by atoms with Gasteiger partial charge in [0.2, 0.25) is 0 Å². The van der Waals surface area contributed by atoms with Gasteiger partial charge in [-0.3, -0.25) is 9.69 Å². The van der Waals surface area contributed by atoms with Gasteiger partial charge in [-0.1, -0.05) is 30.3 Å². The molecule has 3 aliphatic heterocycles. The summed E-state index contributed by atoms with van der Waals surface area (Å²) < 4.78 is 11.9. The summed E-state index contributed by atoms with van der Waals surface area (Å²) in [6.07, 6.45) is 1.84. The van der Waals surface area contributed by atoms with Crippen molar-refractivity contribution in [2.45, 2.75) is 45.9 Å². The molecule has 0 spiro atoms. The number of pyridine rings is 1. The highest BCUT2D eigenvalue weighted by molar-refractivity contribution is 5.81. The number of rotatable bonds is 7. The van der Waals surface area contributed by atoms with Gasteiger partial charge < -0.3 is 19.5 Å². The Morgan fingerprint density at radius 1 is 1.15 bits per heavy atom. The van der Waals surface area contributed by atoms with Gasteiger partial charge in [0, 0.05) is 31.7 Å². The molecule has 39 heavy (non-hydrogen) atoms. The van der Waals surface area contributed by atoms with Crippen molar-refractivity contribution in [3.8, 4) is 17.0 Å². The first kappa shape index (κ1) is 24.6. The molecule has 7 nitrogen and oxygen atoms in total. The zero-order valence-corrected chi connectivity index (χ0v) is 22.7. The summed E-state index contributed by atoms with van der Waals surface area (Å²) >= 11 is 0. The first-order valence-electron chi connectivity index (χ1n) is 14.0. The molecule has 2 saturated heterocycles. The van der Waals surface area contributed by atoms with Crippen molar-refractivity contribution in [2.24, 2.45) is 11.3 Å². The molecule has 1 aliphatic carbocycles. The minimum atomic E-state index is -0.678. The van der Waals surface area contributed by atoms with E-state index in [1.165, 1.54) is 22.3 Å². The van der Waals surface area contributed by atoms with Gasteiger partial charge in [-0.15, -0.1) is 0 Å². The van der Waals surface area contributed by atoms with E-state index >= 15 is 0 Å². The Morgan fingerprint density at radius 3 is 2.77 bits per heavy atom. The third-order valence-electron chi connectivity index (χ3n) is 9.29. The van der Waals surface area contributed by atoms with Gasteiger partial charge in [-0.25, -0.2) is 4.98 Å². The average Bonchev–Trinajstić information content (AvgIpc) is 3.48. The smallest absolute Gasteiger partial charge is 0.311 e. The molecule has 2 aromatic carbocycles. The summed E-state index contributed by atoms with van der Waals surface area (Å²) in [5.74, 6) is 1.23. The van der Waals surface area contributed by atoms with E-state index in [1.54, 1.807) is 0 Å². The molecule has 3 fully saturated rings. The number of aromatic nitrogens is 1. The maximum absolute atomic E-state index is 11.8. The fourth-order valence-electron chi connectivity index (χ4n) is 6.74. The van der Waals surface area contributed by atoms with Gasteiger partial charge in [0.1, 0.15) is 18.2 Å². The molecule has 0 unspecified atom stereocenters. The first-order valence-corrected chi connectivity index (χ1v) is 14.0. The summed E-state index contributed by atoms with van der Waals surface area (Å²) in [6.45, 7) is 9.89. The number of ether oxygens (including phenoxy) is 2. The lowest BCUT2D eigenvalue weighted by Crippen LogP contribution is -2.50. The van der Waals surface area contributed by atoms with Crippen LogP contribution in [0.15, 0.2) is 48.5 Å². The number of hydrogen-bond acceptors (Lipinski definition) is 6. The number of carboxylic acid groups (broad SMARTS) is 1. The second-order valence-electron chi connectivity index (χ2n) is 11.8. The third-order valence-corrected chi connectivity index (χ3v) is 9.29. The van der Waals surface area contributed by atoms with Crippen LogP contribution in [0, 0.1) is 25.2 Å². The van der Waals surface area contributed by atoms with Gasteiger partial charge in [-0.05, 0) is 78.6 Å². The molecule has 1 saturated carbocycles. The van der Waals surface area contributed by atoms with E-state index in [1.807, 2.05) is 24.3 Å². The number of nitrogens with zero attached hydrogens (tertiary/aromatic N) is 3. The van der Waals surface area contributed by atoms with Crippen LogP contribution in [0.1, 0.15) is 34.2 Å². The number of fused-ring (bicyclic) bond motifs is 2. The summed E-state index contributed by atoms with van der Waals surface area (Å²) in [4.78, 5) is 21.4. The average molecular weight is 526 g/mol. The van der Waals surface area contributed by atoms with Gasteiger partial charge in [0.05, 0.1) is 30.4 Å². The topological polar surface area (TPSA) is 75.1 Å². The monoisotopic (exact) mass is 525 g/mol. The van der Waals surface area contributed by atoms with Crippen LogP contribution < -0.4 is 9.64 Å². The Morgan fingerprint density at radius 2 is 2.00 bits per heavy atom. The fourth-order valence-corrected chi connectivity index (χ4v) is 6.74. The van der Waals surface area contributed by atoms with Crippen molar-refractivity contribution < 1.29 is 19.4 Å². The lowest BCUT2D eigenvalue weighted by molar-refractivity contribution is -0.143. The van der Waals surface area contributed by atoms with Crippen LogP contribution in [0.3, 0.4) is 0 Å². The Balaban J connectivity index is 1.10. The predicted molar refractivity (Wildman–Crippen MR) is 149 cm³/mol. The van der Waals surface area contributed by atoms with Crippen molar-refractivity contribution in [2.75, 3.05) is 37.7 Å². The van der Waals surface area contributed by atoms with Crippen molar-refractivity contribution in [3.63, 3.8) is 0 Å². The highest BCUT2D eigenvalue weighted by Gasteiger charge is 2.65. The Kier molecular flexibility index (Phi) is 5.90. The Hall–Kier alpha value is -3.42. The number of hydrogen-bond donors (Lipinski definition) is 1. The summed E-state index contributed by atoms with van der Waals surface area (Å²) in [7, 11) is 0. The number of benzene rings is 2. The zero-order chi connectivity index (χ0) is 26.7. The molecule has 0 amide bonds. The minimum Gasteiger partial charge on any atom is -0.488 e. The van der Waals surface area contributed by atoms with Crippen molar-refractivity contribution in [1.82, 2.24) is 9.88 Å². The number of aryl methyl sites for hydroxylation is 2. The molecule has 202 valence electrons. The van der Waals surface area contributed by atoms with Gasteiger partial charge in [0.25, 0.3) is 0 Å². The molecule has 3 aromatic rings. The van der Waals surface area contributed by atoms with E-state index in [0.29, 0.717) is 19.2 Å². The Labute approximate surface area is 229 Å². The van der Waals surface area contributed by atoms with Crippen molar-refractivity contribution in [1.29, 1.82) is 0 Å². The van der Waals surface area contributed by atoms with Crippen LogP contribution in [-0.4, -0.2) is 59.8 Å². The maximum Gasteiger partial charge on any atom is 0.311 e. The molecule has 4 aliphatic rings. The van der Waals surface area contributed by atoms with Crippen LogP contribution in [0.2, 0.25) is 0 Å². The summed E-state index contributed by atoms with van der Waals surface area (Å²) in [5, 5.41) is 9.69. The molecular formula is C32H35N3O4.